The topological polar surface area (TPSA) is 33.1 Å². The zero-order chi connectivity index (χ0) is 12.0. The van der Waals surface area contributed by atoms with Gasteiger partial charge in [-0.3, -0.25) is 0 Å². The van der Waals surface area contributed by atoms with Gasteiger partial charge in [0.05, 0.1) is 11.0 Å². The third-order valence-electron chi connectivity index (χ3n) is 2.63. The van der Waals surface area contributed by atoms with E-state index in [1.54, 1.807) is 18.2 Å². The van der Waals surface area contributed by atoms with Gasteiger partial charge in [-0.15, -0.1) is 0 Å². The number of aromatic hydroxyl groups is 1. The second-order valence-electron chi connectivity index (χ2n) is 3.82. The van der Waals surface area contributed by atoms with E-state index in [2.05, 4.69) is 4.98 Å². The van der Waals surface area contributed by atoms with Gasteiger partial charge in [-0.05, 0) is 30.3 Å². The summed E-state index contributed by atoms with van der Waals surface area (Å²) < 4.78 is 0. The van der Waals surface area contributed by atoms with Crippen LogP contribution in [0.1, 0.15) is 0 Å². The third kappa shape index (κ3) is 1.79. The van der Waals surface area contributed by atoms with Crippen LogP contribution in [0.3, 0.4) is 0 Å². The number of nitrogens with zero attached hydrogens (tertiary/aromatic N) is 1. The van der Waals surface area contributed by atoms with Gasteiger partial charge in [-0.2, -0.15) is 0 Å². The van der Waals surface area contributed by atoms with Gasteiger partial charge in [0.1, 0.15) is 5.75 Å². The molecule has 0 radical (unpaired) electrons. The highest BCUT2D eigenvalue weighted by atomic mass is 35.5. The Hall–Kier alpha value is -1.51. The lowest BCUT2D eigenvalue weighted by Gasteiger charge is -2.04. The highest BCUT2D eigenvalue weighted by Crippen LogP contribution is 2.30. The Morgan fingerprint density at radius 1 is 0.882 bits per heavy atom. The molecule has 2 aromatic carbocycles. The number of pyridine rings is 1. The molecule has 0 unspecified atom stereocenters. The molecule has 4 heteroatoms. The standard InChI is InChI=1S/C13H7Cl2NO/c14-8-2-1-7-3-10-12(16-11(7)4-8)5-9(15)6-13(10)17/h1-6,17H. The summed E-state index contributed by atoms with van der Waals surface area (Å²) in [5.41, 5.74) is 1.44. The Bertz CT molecular complexity index is 740. The van der Waals surface area contributed by atoms with Crippen LogP contribution in [-0.4, -0.2) is 10.1 Å². The minimum absolute atomic E-state index is 0.136. The summed E-state index contributed by atoms with van der Waals surface area (Å²) in [7, 11) is 0. The summed E-state index contributed by atoms with van der Waals surface area (Å²) >= 11 is 11.8. The van der Waals surface area contributed by atoms with E-state index in [0.717, 1.165) is 10.9 Å². The fourth-order valence-electron chi connectivity index (χ4n) is 1.85. The van der Waals surface area contributed by atoms with E-state index in [-0.39, 0.29) is 5.75 Å². The van der Waals surface area contributed by atoms with E-state index in [1.807, 2.05) is 12.1 Å². The predicted octanol–water partition coefficient (Wildman–Crippen LogP) is 4.40. The van der Waals surface area contributed by atoms with Crippen molar-refractivity contribution in [3.8, 4) is 5.75 Å². The molecule has 0 amide bonds. The molecule has 0 aliphatic heterocycles. The second kappa shape index (κ2) is 3.76. The average molecular weight is 264 g/mol. The molecule has 2 nitrogen and oxygen atoms in total. The maximum absolute atomic E-state index is 9.82. The van der Waals surface area contributed by atoms with Crippen molar-refractivity contribution < 1.29 is 5.11 Å². The molecule has 0 aliphatic carbocycles. The van der Waals surface area contributed by atoms with Gasteiger partial charge < -0.3 is 5.11 Å². The molecule has 3 rings (SSSR count). The second-order valence-corrected chi connectivity index (χ2v) is 4.69. The smallest absolute Gasteiger partial charge is 0.126 e. The lowest BCUT2D eigenvalue weighted by atomic mass is 10.1. The number of fused-ring (bicyclic) bond motifs is 2. The van der Waals surface area contributed by atoms with Crippen LogP contribution < -0.4 is 0 Å². The van der Waals surface area contributed by atoms with Crippen molar-refractivity contribution in [3.05, 3.63) is 46.4 Å². The molecule has 0 saturated heterocycles. The predicted molar refractivity (Wildman–Crippen MR) is 70.9 cm³/mol. The minimum atomic E-state index is 0.136. The van der Waals surface area contributed by atoms with Crippen LogP contribution in [0.4, 0.5) is 0 Å². The fourth-order valence-corrected chi connectivity index (χ4v) is 2.22. The highest BCUT2D eigenvalue weighted by Gasteiger charge is 2.06. The van der Waals surface area contributed by atoms with E-state index < -0.39 is 0 Å². The molecule has 0 saturated carbocycles. The van der Waals surface area contributed by atoms with Crippen molar-refractivity contribution in [2.24, 2.45) is 0 Å². The van der Waals surface area contributed by atoms with E-state index in [0.29, 0.717) is 20.9 Å². The van der Waals surface area contributed by atoms with Crippen molar-refractivity contribution in [1.29, 1.82) is 0 Å². The Balaban J connectivity index is 2.47. The Labute approximate surface area is 107 Å². The summed E-state index contributed by atoms with van der Waals surface area (Å²) in [5, 5.41) is 12.5. The first-order valence-corrected chi connectivity index (χ1v) is 5.77. The van der Waals surface area contributed by atoms with Crippen LogP contribution in [-0.2, 0) is 0 Å². The monoisotopic (exact) mass is 263 g/mol. The average Bonchev–Trinajstić information content (AvgIpc) is 2.26. The molecule has 1 aromatic heterocycles. The molecule has 3 aromatic rings. The molecule has 17 heavy (non-hydrogen) atoms. The number of phenols is 1. The van der Waals surface area contributed by atoms with Crippen molar-refractivity contribution in [1.82, 2.24) is 4.98 Å². The van der Waals surface area contributed by atoms with Crippen molar-refractivity contribution in [2.75, 3.05) is 0 Å². The molecule has 0 aliphatic rings. The SMILES string of the molecule is Oc1cc(Cl)cc2nc3cc(Cl)ccc3cc12. The van der Waals surface area contributed by atoms with Crippen LogP contribution in [0.15, 0.2) is 36.4 Å². The Morgan fingerprint density at radius 3 is 2.47 bits per heavy atom. The highest BCUT2D eigenvalue weighted by molar-refractivity contribution is 6.32. The molecule has 0 fully saturated rings. The van der Waals surface area contributed by atoms with Crippen LogP contribution in [0.5, 0.6) is 5.75 Å². The van der Waals surface area contributed by atoms with Gasteiger partial charge in [0.2, 0.25) is 0 Å². The number of halogens is 2. The maximum Gasteiger partial charge on any atom is 0.126 e. The minimum Gasteiger partial charge on any atom is -0.507 e. The van der Waals surface area contributed by atoms with Crippen molar-refractivity contribution in [2.45, 2.75) is 0 Å². The van der Waals surface area contributed by atoms with E-state index >= 15 is 0 Å². The lowest BCUT2D eigenvalue weighted by molar-refractivity contribution is 0.481. The van der Waals surface area contributed by atoms with Crippen molar-refractivity contribution >= 4 is 45.0 Å². The number of phenolic OH excluding ortho intramolecular Hbond substituents is 1. The van der Waals surface area contributed by atoms with Crippen molar-refractivity contribution in [3.63, 3.8) is 0 Å². The molecule has 0 atom stereocenters. The number of rotatable bonds is 0. The zero-order valence-electron chi connectivity index (χ0n) is 8.61. The molecular weight excluding hydrogens is 257 g/mol. The normalized spacial score (nSPS) is 11.2. The van der Waals surface area contributed by atoms with E-state index in [4.69, 9.17) is 23.2 Å². The Morgan fingerprint density at radius 2 is 1.65 bits per heavy atom. The van der Waals surface area contributed by atoms with E-state index in [9.17, 15) is 5.11 Å². The molecule has 1 heterocycles. The first-order chi connectivity index (χ1) is 8.13. The van der Waals surface area contributed by atoms with Gasteiger partial charge >= 0.3 is 0 Å². The van der Waals surface area contributed by atoms with Gasteiger partial charge in [0, 0.05) is 20.8 Å². The Kier molecular flexibility index (Phi) is 2.35. The van der Waals surface area contributed by atoms with E-state index in [1.165, 1.54) is 6.07 Å². The lowest BCUT2D eigenvalue weighted by Crippen LogP contribution is -1.83. The summed E-state index contributed by atoms with van der Waals surface area (Å²) in [6.07, 6.45) is 0. The summed E-state index contributed by atoms with van der Waals surface area (Å²) in [5.74, 6) is 0.136. The summed E-state index contributed by atoms with van der Waals surface area (Å²) in [4.78, 5) is 4.43. The van der Waals surface area contributed by atoms with Crippen LogP contribution in [0.2, 0.25) is 10.0 Å². The molecule has 84 valence electrons. The first-order valence-electron chi connectivity index (χ1n) is 5.02. The van der Waals surface area contributed by atoms with Gasteiger partial charge in [0.25, 0.3) is 0 Å². The number of hydrogen-bond acceptors (Lipinski definition) is 2. The fraction of sp³-hybridized carbons (Fsp3) is 0. The molecular formula is C13H7Cl2NO. The molecule has 0 bridgehead atoms. The van der Waals surface area contributed by atoms with Gasteiger partial charge in [-0.1, -0.05) is 29.3 Å². The number of hydrogen-bond donors (Lipinski definition) is 1. The maximum atomic E-state index is 9.82. The van der Waals surface area contributed by atoms with Gasteiger partial charge in [-0.25, -0.2) is 4.98 Å². The third-order valence-corrected chi connectivity index (χ3v) is 3.09. The summed E-state index contributed by atoms with van der Waals surface area (Å²) in [6, 6.07) is 10.6. The largest absolute Gasteiger partial charge is 0.507 e. The molecule has 0 spiro atoms. The quantitative estimate of drug-likeness (QED) is 0.610. The van der Waals surface area contributed by atoms with Crippen LogP contribution >= 0.6 is 23.2 Å². The van der Waals surface area contributed by atoms with Crippen LogP contribution in [0, 0.1) is 0 Å². The number of aromatic nitrogens is 1. The summed E-state index contributed by atoms with van der Waals surface area (Å²) in [6.45, 7) is 0. The first kappa shape index (κ1) is 10.6. The van der Waals surface area contributed by atoms with Crippen LogP contribution in [0.25, 0.3) is 21.8 Å². The van der Waals surface area contributed by atoms with Gasteiger partial charge in [0.15, 0.2) is 0 Å². The molecule has 1 N–H and O–H groups in total. The number of benzene rings is 2. The zero-order valence-corrected chi connectivity index (χ0v) is 10.1.